The van der Waals surface area contributed by atoms with Crippen LogP contribution in [0, 0.1) is 11.2 Å². The van der Waals surface area contributed by atoms with Crippen LogP contribution in [-0.4, -0.2) is 68.1 Å². The molecule has 2 amide bonds. The molecule has 34 heavy (non-hydrogen) atoms. The highest BCUT2D eigenvalue weighted by Gasteiger charge is 2.50. The number of fused-ring (bicyclic) bond motifs is 1. The van der Waals surface area contributed by atoms with Crippen LogP contribution in [-0.2, 0) is 17.8 Å². The van der Waals surface area contributed by atoms with Gasteiger partial charge in [-0.1, -0.05) is 32.4 Å². The second kappa shape index (κ2) is 8.48. The summed E-state index contributed by atoms with van der Waals surface area (Å²) in [5.74, 6) is 0.567. The lowest BCUT2D eigenvalue weighted by Gasteiger charge is -2.42. The van der Waals surface area contributed by atoms with Crippen LogP contribution < -0.4 is 0 Å². The molecule has 2 fully saturated rings. The lowest BCUT2D eigenvalue weighted by Crippen LogP contribution is -2.53. The fourth-order valence-corrected chi connectivity index (χ4v) is 5.70. The topological polar surface area (TPSA) is 78.7 Å². The van der Waals surface area contributed by atoms with E-state index < -0.39 is 5.60 Å². The summed E-state index contributed by atoms with van der Waals surface area (Å²) in [7, 11) is 0. The maximum atomic E-state index is 13.5. The summed E-state index contributed by atoms with van der Waals surface area (Å²) >= 11 is 0. The van der Waals surface area contributed by atoms with Crippen LogP contribution in [0.1, 0.15) is 67.3 Å². The van der Waals surface area contributed by atoms with Crippen molar-refractivity contribution in [1.29, 1.82) is 0 Å². The van der Waals surface area contributed by atoms with Gasteiger partial charge in [0.2, 0.25) is 0 Å². The maximum absolute atomic E-state index is 13.5. The Hall–Kier alpha value is -2.74. The van der Waals surface area contributed by atoms with E-state index in [0.717, 1.165) is 30.7 Å². The molecule has 1 aromatic heterocycles. The van der Waals surface area contributed by atoms with Gasteiger partial charge in [-0.3, -0.25) is 9.59 Å². The van der Waals surface area contributed by atoms with E-state index in [4.69, 9.17) is 4.98 Å². The number of carbonyl (C=O) groups is 2. The summed E-state index contributed by atoms with van der Waals surface area (Å²) in [6.07, 6.45) is 5.73. The summed E-state index contributed by atoms with van der Waals surface area (Å²) in [5.41, 5.74) is 0.363. The molecule has 182 valence electrons. The number of rotatable bonds is 5. The van der Waals surface area contributed by atoms with Crippen molar-refractivity contribution in [3.8, 4) is 0 Å². The van der Waals surface area contributed by atoms with E-state index in [2.05, 4.69) is 18.4 Å². The van der Waals surface area contributed by atoms with E-state index >= 15 is 0 Å². The Morgan fingerprint density at radius 1 is 1.12 bits per heavy atom. The number of benzene rings is 1. The van der Waals surface area contributed by atoms with Gasteiger partial charge >= 0.3 is 0 Å². The SMILES string of the molecule is CCCC1(C)Cc2nc(C(=O)N3CCN(C(=O)C4(O)CC4)CC3)cn2CC1c1ccc(F)cc1. The Morgan fingerprint density at radius 3 is 2.38 bits per heavy atom. The molecule has 7 nitrogen and oxygen atoms in total. The van der Waals surface area contributed by atoms with Crippen molar-refractivity contribution < 1.29 is 19.1 Å². The van der Waals surface area contributed by atoms with Crippen LogP contribution in [0.2, 0.25) is 0 Å². The third kappa shape index (κ3) is 4.13. The number of piperazine rings is 1. The van der Waals surface area contributed by atoms with Crippen molar-refractivity contribution in [3.05, 3.63) is 53.4 Å². The second-order valence-corrected chi connectivity index (χ2v) is 10.5. The van der Waals surface area contributed by atoms with Crippen molar-refractivity contribution in [1.82, 2.24) is 19.4 Å². The molecule has 5 rings (SSSR count). The molecule has 1 saturated carbocycles. The summed E-state index contributed by atoms with van der Waals surface area (Å²) in [6, 6.07) is 6.79. The molecular formula is C26H33FN4O3. The van der Waals surface area contributed by atoms with E-state index in [1.54, 1.807) is 9.80 Å². The highest BCUT2D eigenvalue weighted by Crippen LogP contribution is 2.46. The number of hydrogen-bond donors (Lipinski definition) is 1. The Kier molecular flexibility index (Phi) is 5.74. The predicted octanol–water partition coefficient (Wildman–Crippen LogP) is 2.98. The quantitative estimate of drug-likeness (QED) is 0.732. The normalized spacial score (nSPS) is 25.7. The molecule has 1 N–H and O–H groups in total. The summed E-state index contributed by atoms with van der Waals surface area (Å²) in [6.45, 7) is 6.90. The van der Waals surface area contributed by atoms with Crippen LogP contribution in [0.5, 0.6) is 0 Å². The minimum atomic E-state index is -1.17. The fraction of sp³-hybridized carbons (Fsp3) is 0.577. The van der Waals surface area contributed by atoms with Crippen LogP contribution in [0.25, 0.3) is 0 Å². The van der Waals surface area contributed by atoms with E-state index in [1.807, 2.05) is 18.3 Å². The first kappa shape index (κ1) is 23.0. The molecule has 3 heterocycles. The Balaban J connectivity index is 1.31. The first-order valence-electron chi connectivity index (χ1n) is 12.3. The molecule has 0 spiro atoms. The molecule has 2 unspecified atom stereocenters. The number of amides is 2. The number of aromatic nitrogens is 2. The number of carbonyl (C=O) groups excluding carboxylic acids is 2. The van der Waals surface area contributed by atoms with Crippen LogP contribution in [0.3, 0.4) is 0 Å². The van der Waals surface area contributed by atoms with Crippen molar-refractivity contribution in [2.75, 3.05) is 26.2 Å². The van der Waals surface area contributed by atoms with Gasteiger partial charge in [-0.05, 0) is 42.4 Å². The smallest absolute Gasteiger partial charge is 0.274 e. The molecule has 0 bridgehead atoms. The zero-order chi connectivity index (χ0) is 24.1. The molecule has 8 heteroatoms. The Bertz CT molecular complexity index is 1090. The van der Waals surface area contributed by atoms with E-state index in [1.165, 1.54) is 12.1 Å². The lowest BCUT2D eigenvalue weighted by molar-refractivity contribution is -0.143. The number of hydrogen-bond acceptors (Lipinski definition) is 4. The van der Waals surface area contributed by atoms with Gasteiger partial charge in [0, 0.05) is 51.3 Å². The van der Waals surface area contributed by atoms with E-state index in [-0.39, 0.29) is 29.0 Å². The number of imidazole rings is 1. The van der Waals surface area contributed by atoms with E-state index in [9.17, 15) is 19.1 Å². The van der Waals surface area contributed by atoms with Crippen molar-refractivity contribution in [2.45, 2.75) is 64.0 Å². The molecule has 1 saturated heterocycles. The van der Waals surface area contributed by atoms with Crippen molar-refractivity contribution in [2.24, 2.45) is 5.41 Å². The van der Waals surface area contributed by atoms with Gasteiger partial charge in [-0.2, -0.15) is 0 Å². The van der Waals surface area contributed by atoms with Gasteiger partial charge in [0.25, 0.3) is 11.8 Å². The predicted molar refractivity (Wildman–Crippen MR) is 125 cm³/mol. The van der Waals surface area contributed by atoms with Crippen molar-refractivity contribution >= 4 is 11.8 Å². The third-order valence-electron chi connectivity index (χ3n) is 7.93. The highest BCUT2D eigenvalue weighted by molar-refractivity contribution is 5.93. The number of halogens is 1. The number of nitrogens with zero attached hydrogens (tertiary/aromatic N) is 4. The molecule has 2 atom stereocenters. The van der Waals surface area contributed by atoms with Crippen molar-refractivity contribution in [3.63, 3.8) is 0 Å². The second-order valence-electron chi connectivity index (χ2n) is 10.5. The van der Waals surface area contributed by atoms with Gasteiger partial charge in [0.1, 0.15) is 22.9 Å². The fourth-order valence-electron chi connectivity index (χ4n) is 5.70. The van der Waals surface area contributed by atoms with Gasteiger partial charge in [0.05, 0.1) is 0 Å². The molecular weight excluding hydrogens is 435 g/mol. The zero-order valence-corrected chi connectivity index (χ0v) is 20.0. The standard InChI is InChI=1S/C26H33FN4O3/c1-3-8-25(2)15-22-28-21(17-31(22)16-20(25)18-4-6-19(27)7-5-18)23(32)29-11-13-30(14-12-29)24(33)26(34)9-10-26/h4-7,17,20,34H,3,8-16H2,1-2H3. The zero-order valence-electron chi connectivity index (χ0n) is 20.0. The van der Waals surface area contributed by atoms with Crippen LogP contribution >= 0.6 is 0 Å². The minimum Gasteiger partial charge on any atom is -0.380 e. The molecule has 2 aromatic rings. The summed E-state index contributed by atoms with van der Waals surface area (Å²) < 4.78 is 15.6. The Morgan fingerprint density at radius 2 is 1.76 bits per heavy atom. The maximum Gasteiger partial charge on any atom is 0.274 e. The first-order chi connectivity index (χ1) is 16.2. The molecule has 1 aromatic carbocycles. The summed E-state index contributed by atoms with van der Waals surface area (Å²) in [4.78, 5) is 33.8. The average molecular weight is 469 g/mol. The third-order valence-corrected chi connectivity index (χ3v) is 7.93. The van der Waals surface area contributed by atoms with Gasteiger partial charge < -0.3 is 19.5 Å². The molecule has 0 radical (unpaired) electrons. The molecule has 2 aliphatic heterocycles. The lowest BCUT2D eigenvalue weighted by atomic mass is 9.67. The Labute approximate surface area is 199 Å². The minimum absolute atomic E-state index is 0.0245. The largest absolute Gasteiger partial charge is 0.380 e. The highest BCUT2D eigenvalue weighted by atomic mass is 19.1. The van der Waals surface area contributed by atoms with E-state index in [0.29, 0.717) is 51.3 Å². The monoisotopic (exact) mass is 468 g/mol. The van der Waals surface area contributed by atoms with Crippen LogP contribution in [0.4, 0.5) is 4.39 Å². The molecule has 3 aliphatic rings. The number of aliphatic hydroxyl groups is 1. The van der Waals surface area contributed by atoms with Gasteiger partial charge in [0.15, 0.2) is 0 Å². The van der Waals surface area contributed by atoms with Crippen LogP contribution in [0.15, 0.2) is 30.5 Å². The summed E-state index contributed by atoms with van der Waals surface area (Å²) in [5, 5.41) is 10.1. The first-order valence-corrected chi connectivity index (χ1v) is 12.3. The van der Waals surface area contributed by atoms with Gasteiger partial charge in [-0.25, -0.2) is 9.37 Å². The van der Waals surface area contributed by atoms with Gasteiger partial charge in [-0.15, -0.1) is 0 Å². The average Bonchev–Trinajstić information content (AvgIpc) is 3.45. The molecule has 1 aliphatic carbocycles.